The SMILES string of the molecule is C[C@@H]1Cc2c(C(=O)N3CCN(Cc4nc5ccccc5[nH]4)CC3)n[nH]c2[C@H](C)O1. The maximum absolute atomic E-state index is 13.1. The molecule has 1 amide bonds. The van der Waals surface area contributed by atoms with E-state index in [-0.39, 0.29) is 18.1 Å². The Morgan fingerprint density at radius 2 is 2.00 bits per heavy atom. The van der Waals surface area contributed by atoms with Crippen molar-refractivity contribution in [3.63, 3.8) is 0 Å². The third-order valence-corrected chi connectivity index (χ3v) is 5.91. The molecule has 5 rings (SSSR count). The van der Waals surface area contributed by atoms with E-state index in [0.717, 1.165) is 54.2 Å². The zero-order valence-corrected chi connectivity index (χ0v) is 16.8. The first-order valence-corrected chi connectivity index (χ1v) is 10.3. The quantitative estimate of drug-likeness (QED) is 0.711. The van der Waals surface area contributed by atoms with Crippen LogP contribution < -0.4 is 0 Å². The minimum Gasteiger partial charge on any atom is -0.369 e. The summed E-state index contributed by atoms with van der Waals surface area (Å²) in [6.45, 7) is 7.84. The third-order valence-electron chi connectivity index (χ3n) is 5.91. The van der Waals surface area contributed by atoms with Gasteiger partial charge in [-0.15, -0.1) is 0 Å². The third kappa shape index (κ3) is 3.42. The molecule has 29 heavy (non-hydrogen) atoms. The molecule has 1 saturated heterocycles. The van der Waals surface area contributed by atoms with Crippen molar-refractivity contribution in [3.8, 4) is 0 Å². The molecule has 1 fully saturated rings. The summed E-state index contributed by atoms with van der Waals surface area (Å²) in [7, 11) is 0. The molecule has 1 aromatic carbocycles. The van der Waals surface area contributed by atoms with Crippen molar-refractivity contribution >= 4 is 16.9 Å². The second-order valence-electron chi connectivity index (χ2n) is 8.03. The number of hydrogen-bond acceptors (Lipinski definition) is 5. The fourth-order valence-corrected chi connectivity index (χ4v) is 4.40. The molecule has 2 aliphatic rings. The molecule has 2 N–H and O–H groups in total. The van der Waals surface area contributed by atoms with Crippen LogP contribution in [-0.4, -0.2) is 68.2 Å². The first kappa shape index (κ1) is 18.3. The number of hydrogen-bond donors (Lipinski definition) is 2. The second kappa shape index (κ2) is 7.27. The van der Waals surface area contributed by atoms with Crippen LogP contribution in [0.1, 0.15) is 47.5 Å². The van der Waals surface area contributed by atoms with E-state index in [9.17, 15) is 4.79 Å². The molecule has 0 bridgehead atoms. The van der Waals surface area contributed by atoms with E-state index in [0.29, 0.717) is 18.8 Å². The van der Waals surface area contributed by atoms with E-state index >= 15 is 0 Å². The van der Waals surface area contributed by atoms with Crippen LogP contribution in [0.2, 0.25) is 0 Å². The summed E-state index contributed by atoms with van der Waals surface area (Å²) in [6.07, 6.45) is 0.772. The number of para-hydroxylation sites is 2. The fourth-order valence-electron chi connectivity index (χ4n) is 4.40. The molecular formula is C21H26N6O2. The molecule has 0 unspecified atom stereocenters. The molecule has 3 aromatic rings. The van der Waals surface area contributed by atoms with E-state index < -0.39 is 0 Å². The van der Waals surface area contributed by atoms with Crippen LogP contribution in [0.15, 0.2) is 24.3 Å². The highest BCUT2D eigenvalue weighted by atomic mass is 16.5. The summed E-state index contributed by atoms with van der Waals surface area (Å²) in [5, 5.41) is 7.37. The number of benzene rings is 1. The number of aromatic amines is 2. The molecule has 4 heterocycles. The number of rotatable bonds is 3. The Kier molecular flexibility index (Phi) is 4.60. The number of H-pyrrole nitrogens is 2. The lowest BCUT2D eigenvalue weighted by molar-refractivity contribution is -0.00704. The number of aromatic nitrogens is 4. The Morgan fingerprint density at radius 3 is 2.79 bits per heavy atom. The average molecular weight is 394 g/mol. The first-order chi connectivity index (χ1) is 14.1. The Labute approximate surface area is 169 Å². The van der Waals surface area contributed by atoms with Crippen LogP contribution in [0, 0.1) is 0 Å². The Balaban J connectivity index is 1.23. The van der Waals surface area contributed by atoms with Crippen molar-refractivity contribution < 1.29 is 9.53 Å². The Hall–Kier alpha value is -2.71. The number of imidazole rings is 1. The van der Waals surface area contributed by atoms with Gasteiger partial charge in [0.25, 0.3) is 5.91 Å². The number of nitrogens with one attached hydrogen (secondary N) is 2. The van der Waals surface area contributed by atoms with Gasteiger partial charge in [0.2, 0.25) is 0 Å². The molecule has 8 nitrogen and oxygen atoms in total. The summed E-state index contributed by atoms with van der Waals surface area (Å²) in [6, 6.07) is 8.07. The first-order valence-electron chi connectivity index (χ1n) is 10.3. The number of piperazine rings is 1. The van der Waals surface area contributed by atoms with Crippen molar-refractivity contribution in [1.29, 1.82) is 0 Å². The summed E-state index contributed by atoms with van der Waals surface area (Å²) < 4.78 is 5.83. The second-order valence-corrected chi connectivity index (χ2v) is 8.03. The van der Waals surface area contributed by atoms with Crippen molar-refractivity contribution in [2.45, 2.75) is 39.0 Å². The number of carbonyl (C=O) groups excluding carboxylic acids is 1. The van der Waals surface area contributed by atoms with Crippen molar-refractivity contribution in [1.82, 2.24) is 30.0 Å². The van der Waals surface area contributed by atoms with E-state index in [1.54, 1.807) is 0 Å². The van der Waals surface area contributed by atoms with Gasteiger partial charge in [-0.1, -0.05) is 12.1 Å². The summed E-state index contributed by atoms with van der Waals surface area (Å²) in [5.74, 6) is 0.988. The number of carbonyl (C=O) groups is 1. The minimum absolute atomic E-state index is 0.0205. The highest BCUT2D eigenvalue weighted by Crippen LogP contribution is 2.30. The van der Waals surface area contributed by atoms with Crippen LogP contribution in [0.25, 0.3) is 11.0 Å². The van der Waals surface area contributed by atoms with E-state index in [2.05, 4.69) is 25.1 Å². The smallest absolute Gasteiger partial charge is 0.274 e. The van der Waals surface area contributed by atoms with Gasteiger partial charge in [-0.3, -0.25) is 14.8 Å². The van der Waals surface area contributed by atoms with E-state index in [4.69, 9.17) is 4.74 Å². The van der Waals surface area contributed by atoms with Crippen LogP contribution >= 0.6 is 0 Å². The Bertz CT molecular complexity index is 1000. The maximum Gasteiger partial charge on any atom is 0.274 e. The van der Waals surface area contributed by atoms with Crippen molar-refractivity contribution in [2.24, 2.45) is 0 Å². The van der Waals surface area contributed by atoms with Crippen molar-refractivity contribution in [2.75, 3.05) is 26.2 Å². The van der Waals surface area contributed by atoms with Gasteiger partial charge in [0.05, 0.1) is 35.5 Å². The molecule has 0 spiro atoms. The number of fused-ring (bicyclic) bond motifs is 2. The largest absolute Gasteiger partial charge is 0.369 e. The highest BCUT2D eigenvalue weighted by molar-refractivity contribution is 5.94. The molecule has 2 aromatic heterocycles. The van der Waals surface area contributed by atoms with Crippen LogP contribution in [-0.2, 0) is 17.7 Å². The lowest BCUT2D eigenvalue weighted by Crippen LogP contribution is -2.48. The zero-order chi connectivity index (χ0) is 20.0. The standard InChI is InChI=1S/C21H26N6O2/c1-13-11-15-19(14(2)29-13)24-25-20(15)21(28)27-9-7-26(8-10-27)12-18-22-16-5-3-4-6-17(16)23-18/h3-6,13-14H,7-12H2,1-2H3,(H,22,23)(H,24,25)/t13-,14+/m1/s1. The molecular weight excluding hydrogens is 368 g/mol. The number of nitrogens with zero attached hydrogens (tertiary/aromatic N) is 4. The molecule has 8 heteroatoms. The van der Waals surface area contributed by atoms with Gasteiger partial charge in [-0.25, -0.2) is 4.98 Å². The highest BCUT2D eigenvalue weighted by Gasteiger charge is 2.32. The van der Waals surface area contributed by atoms with Gasteiger partial charge in [-0.05, 0) is 26.0 Å². The number of ether oxygens (including phenoxy) is 1. The molecule has 0 saturated carbocycles. The Morgan fingerprint density at radius 1 is 1.21 bits per heavy atom. The number of amides is 1. The van der Waals surface area contributed by atoms with E-state index in [1.807, 2.05) is 43.0 Å². The summed E-state index contributed by atoms with van der Waals surface area (Å²) in [4.78, 5) is 25.4. The van der Waals surface area contributed by atoms with Crippen LogP contribution in [0.3, 0.4) is 0 Å². The molecule has 0 radical (unpaired) electrons. The predicted molar refractivity (Wildman–Crippen MR) is 109 cm³/mol. The monoisotopic (exact) mass is 394 g/mol. The lowest BCUT2D eigenvalue weighted by atomic mass is 9.99. The summed E-state index contributed by atoms with van der Waals surface area (Å²) >= 11 is 0. The lowest BCUT2D eigenvalue weighted by Gasteiger charge is -2.34. The van der Waals surface area contributed by atoms with Gasteiger partial charge < -0.3 is 14.6 Å². The minimum atomic E-state index is -0.0524. The fraction of sp³-hybridized carbons (Fsp3) is 0.476. The van der Waals surface area contributed by atoms with Gasteiger partial charge in [0, 0.05) is 38.2 Å². The average Bonchev–Trinajstić information content (AvgIpc) is 3.31. The van der Waals surface area contributed by atoms with Gasteiger partial charge in [-0.2, -0.15) is 5.10 Å². The predicted octanol–water partition coefficient (Wildman–Crippen LogP) is 2.27. The zero-order valence-electron chi connectivity index (χ0n) is 16.8. The molecule has 152 valence electrons. The van der Waals surface area contributed by atoms with Crippen molar-refractivity contribution in [3.05, 3.63) is 47.0 Å². The normalized spacial score (nSPS) is 22.8. The molecule has 0 aliphatic carbocycles. The summed E-state index contributed by atoms with van der Waals surface area (Å²) in [5.41, 5.74) is 4.58. The van der Waals surface area contributed by atoms with Gasteiger partial charge >= 0.3 is 0 Å². The van der Waals surface area contributed by atoms with Crippen LogP contribution in [0.4, 0.5) is 0 Å². The van der Waals surface area contributed by atoms with Gasteiger partial charge in [0.15, 0.2) is 5.69 Å². The maximum atomic E-state index is 13.1. The van der Waals surface area contributed by atoms with Gasteiger partial charge in [0.1, 0.15) is 5.82 Å². The molecule has 2 atom stereocenters. The topological polar surface area (TPSA) is 90.1 Å². The van der Waals surface area contributed by atoms with Crippen LogP contribution in [0.5, 0.6) is 0 Å². The molecule has 2 aliphatic heterocycles. The van der Waals surface area contributed by atoms with E-state index in [1.165, 1.54) is 0 Å².